The van der Waals surface area contributed by atoms with Crippen molar-refractivity contribution in [2.45, 2.75) is 39.3 Å². The van der Waals surface area contributed by atoms with Crippen molar-refractivity contribution in [3.63, 3.8) is 0 Å². The average Bonchev–Trinajstić information content (AvgIpc) is 2.87. The molecular formula is C29H36N4O2. The van der Waals surface area contributed by atoms with E-state index in [1.165, 1.54) is 11.1 Å². The molecule has 4 rings (SSSR count). The number of carbonyl (C=O) groups excluding carboxylic acids is 1. The molecule has 0 radical (unpaired) electrons. The fourth-order valence-corrected chi connectivity index (χ4v) is 4.86. The van der Waals surface area contributed by atoms with Crippen LogP contribution in [0.25, 0.3) is 0 Å². The summed E-state index contributed by atoms with van der Waals surface area (Å²) in [7, 11) is 0. The molecule has 0 aliphatic carbocycles. The highest BCUT2D eigenvalue weighted by atomic mass is 16.5. The van der Waals surface area contributed by atoms with Crippen molar-refractivity contribution in [1.29, 1.82) is 0 Å². The van der Waals surface area contributed by atoms with Crippen molar-refractivity contribution in [3.05, 3.63) is 95.2 Å². The molecule has 2 amide bonds. The summed E-state index contributed by atoms with van der Waals surface area (Å²) in [6, 6.07) is 24.9. The maximum atomic E-state index is 13.6. The molecule has 3 aromatic rings. The number of rotatable bonds is 8. The van der Waals surface area contributed by atoms with Crippen LogP contribution in [0.2, 0.25) is 0 Å². The Labute approximate surface area is 208 Å². The summed E-state index contributed by atoms with van der Waals surface area (Å²) in [4.78, 5) is 22.4. The summed E-state index contributed by atoms with van der Waals surface area (Å²) >= 11 is 0. The zero-order valence-corrected chi connectivity index (χ0v) is 21.0. The molecule has 1 fully saturated rings. The monoisotopic (exact) mass is 472 g/mol. The lowest BCUT2D eigenvalue weighted by atomic mass is 9.88. The second kappa shape index (κ2) is 12.0. The Balaban J connectivity index is 1.57. The lowest BCUT2D eigenvalue weighted by Crippen LogP contribution is -2.54. The highest BCUT2D eigenvalue weighted by Crippen LogP contribution is 2.29. The predicted octanol–water partition coefficient (Wildman–Crippen LogP) is 5.43. The molecular weight excluding hydrogens is 436 g/mol. The summed E-state index contributed by atoms with van der Waals surface area (Å²) in [5.41, 5.74) is 4.48. The number of ether oxygens (including phenoxy) is 1. The summed E-state index contributed by atoms with van der Waals surface area (Å²) in [6.07, 6.45) is 0.758. The van der Waals surface area contributed by atoms with Crippen LogP contribution >= 0.6 is 0 Å². The Morgan fingerprint density at radius 1 is 1.00 bits per heavy atom. The molecule has 0 bridgehead atoms. The highest BCUT2D eigenvalue weighted by molar-refractivity contribution is 5.88. The number of aryl methyl sites for hydroxylation is 2. The molecule has 1 aliphatic heterocycles. The second-order valence-electron chi connectivity index (χ2n) is 9.24. The van der Waals surface area contributed by atoms with Gasteiger partial charge >= 0.3 is 6.03 Å². The number of morpholine rings is 1. The Hall–Kier alpha value is -3.22. The molecule has 2 heterocycles. The Bertz CT molecular complexity index is 1020. The van der Waals surface area contributed by atoms with Crippen LogP contribution in [0, 0.1) is 13.8 Å². The minimum Gasteiger partial charge on any atom is -0.379 e. The summed E-state index contributed by atoms with van der Waals surface area (Å²) in [6.45, 7) is 9.69. The number of anilines is 1. The molecule has 6 nitrogen and oxygen atoms in total. The van der Waals surface area contributed by atoms with Crippen molar-refractivity contribution >= 4 is 11.8 Å². The van der Waals surface area contributed by atoms with E-state index in [-0.39, 0.29) is 18.1 Å². The molecule has 6 heteroatoms. The summed E-state index contributed by atoms with van der Waals surface area (Å²) in [5.74, 6) is 0.790. The van der Waals surface area contributed by atoms with Crippen LogP contribution in [0.4, 0.5) is 10.6 Å². The summed E-state index contributed by atoms with van der Waals surface area (Å²) in [5, 5.41) is 3.06. The molecule has 0 saturated carbocycles. The van der Waals surface area contributed by atoms with Crippen molar-refractivity contribution in [3.8, 4) is 0 Å². The van der Waals surface area contributed by atoms with Crippen LogP contribution in [0.1, 0.15) is 41.6 Å². The van der Waals surface area contributed by atoms with Gasteiger partial charge in [-0.2, -0.15) is 0 Å². The third-order valence-electron chi connectivity index (χ3n) is 6.68. The van der Waals surface area contributed by atoms with Gasteiger partial charge in [-0.25, -0.2) is 9.78 Å². The second-order valence-corrected chi connectivity index (χ2v) is 9.24. The molecule has 1 atom stereocenters. The zero-order valence-electron chi connectivity index (χ0n) is 21.0. The predicted molar refractivity (Wildman–Crippen MR) is 141 cm³/mol. The van der Waals surface area contributed by atoms with Gasteiger partial charge in [-0.15, -0.1) is 0 Å². The van der Waals surface area contributed by atoms with E-state index in [4.69, 9.17) is 4.74 Å². The minimum atomic E-state index is -0.124. The van der Waals surface area contributed by atoms with E-state index in [0.29, 0.717) is 25.6 Å². The van der Waals surface area contributed by atoms with Gasteiger partial charge in [-0.05, 0) is 56.0 Å². The smallest absolute Gasteiger partial charge is 0.324 e. The number of hydrogen-bond donors (Lipinski definition) is 1. The van der Waals surface area contributed by atoms with Crippen LogP contribution in [0.5, 0.6) is 0 Å². The normalized spacial score (nSPS) is 15.1. The van der Waals surface area contributed by atoms with Crippen molar-refractivity contribution in [2.24, 2.45) is 0 Å². The SMILES string of the molecule is Cc1cc(C)nc(NC(=O)N(CCC(c2ccccc2)c2ccccc2)C(C)N2CCOCC2)c1. The highest BCUT2D eigenvalue weighted by Gasteiger charge is 2.28. The van der Waals surface area contributed by atoms with Crippen molar-refractivity contribution in [1.82, 2.24) is 14.8 Å². The van der Waals surface area contributed by atoms with Gasteiger partial charge in [0.05, 0.1) is 19.4 Å². The Morgan fingerprint density at radius 3 is 2.17 bits per heavy atom. The van der Waals surface area contributed by atoms with E-state index in [0.717, 1.165) is 30.8 Å². The maximum Gasteiger partial charge on any atom is 0.324 e. The van der Waals surface area contributed by atoms with E-state index < -0.39 is 0 Å². The number of carbonyl (C=O) groups is 1. The van der Waals surface area contributed by atoms with E-state index in [9.17, 15) is 4.79 Å². The van der Waals surface area contributed by atoms with E-state index in [2.05, 4.69) is 70.7 Å². The average molecular weight is 473 g/mol. The molecule has 1 N–H and O–H groups in total. The van der Waals surface area contributed by atoms with Gasteiger partial charge in [0, 0.05) is 31.2 Å². The standard InChI is InChI=1S/C29H36N4O2/c1-22-20-23(2)30-28(21-22)31-29(34)33(24(3)32-16-18-35-19-17-32)15-14-27(25-10-6-4-7-11-25)26-12-8-5-9-13-26/h4-13,20-21,24,27H,14-19H2,1-3H3,(H,30,31,34). The Kier molecular flexibility index (Phi) is 8.50. The maximum absolute atomic E-state index is 13.6. The van der Waals surface area contributed by atoms with Gasteiger partial charge in [0.1, 0.15) is 5.82 Å². The largest absolute Gasteiger partial charge is 0.379 e. The lowest BCUT2D eigenvalue weighted by molar-refractivity contribution is -0.0137. The van der Waals surface area contributed by atoms with Gasteiger partial charge in [-0.1, -0.05) is 60.7 Å². The van der Waals surface area contributed by atoms with E-state index in [1.807, 2.05) is 43.0 Å². The molecule has 2 aromatic carbocycles. The third-order valence-corrected chi connectivity index (χ3v) is 6.68. The van der Waals surface area contributed by atoms with Gasteiger partial charge in [0.2, 0.25) is 0 Å². The van der Waals surface area contributed by atoms with Crippen LogP contribution < -0.4 is 5.32 Å². The van der Waals surface area contributed by atoms with Crippen molar-refractivity contribution < 1.29 is 9.53 Å². The zero-order chi connectivity index (χ0) is 24.6. The molecule has 1 saturated heterocycles. The van der Waals surface area contributed by atoms with E-state index in [1.54, 1.807) is 0 Å². The number of urea groups is 1. The fourth-order valence-electron chi connectivity index (χ4n) is 4.86. The van der Waals surface area contributed by atoms with Gasteiger partial charge in [-0.3, -0.25) is 10.2 Å². The van der Waals surface area contributed by atoms with Gasteiger partial charge in [0.15, 0.2) is 0 Å². The Morgan fingerprint density at radius 2 is 1.60 bits per heavy atom. The number of nitrogens with one attached hydrogen (secondary N) is 1. The third kappa shape index (κ3) is 6.68. The van der Waals surface area contributed by atoms with Gasteiger partial charge in [0.25, 0.3) is 0 Å². The molecule has 1 unspecified atom stereocenters. The topological polar surface area (TPSA) is 57.7 Å². The molecule has 0 spiro atoms. The minimum absolute atomic E-state index is 0.0583. The molecule has 1 aromatic heterocycles. The van der Waals surface area contributed by atoms with Crippen LogP contribution in [0.3, 0.4) is 0 Å². The van der Waals surface area contributed by atoms with Gasteiger partial charge < -0.3 is 9.64 Å². The first kappa shape index (κ1) is 24.9. The number of pyridine rings is 1. The lowest BCUT2D eigenvalue weighted by Gasteiger charge is -2.39. The van der Waals surface area contributed by atoms with Crippen molar-refractivity contribution in [2.75, 3.05) is 38.2 Å². The quantitative estimate of drug-likeness (QED) is 0.475. The first-order valence-electron chi connectivity index (χ1n) is 12.5. The number of nitrogens with zero attached hydrogens (tertiary/aromatic N) is 3. The van der Waals surface area contributed by atoms with Crippen LogP contribution in [0.15, 0.2) is 72.8 Å². The van der Waals surface area contributed by atoms with E-state index >= 15 is 0 Å². The van der Waals surface area contributed by atoms with Crippen LogP contribution in [-0.2, 0) is 4.74 Å². The molecule has 1 aliphatic rings. The number of aromatic nitrogens is 1. The number of hydrogen-bond acceptors (Lipinski definition) is 4. The fraction of sp³-hybridized carbons (Fsp3) is 0.379. The molecule has 184 valence electrons. The summed E-state index contributed by atoms with van der Waals surface area (Å²) < 4.78 is 5.56. The number of benzene rings is 2. The number of amides is 2. The van der Waals surface area contributed by atoms with Crippen LogP contribution in [-0.4, -0.2) is 59.8 Å². The first-order chi connectivity index (χ1) is 17.0. The molecule has 35 heavy (non-hydrogen) atoms. The first-order valence-corrected chi connectivity index (χ1v) is 12.5.